The maximum absolute atomic E-state index is 11.3. The van der Waals surface area contributed by atoms with Crippen molar-refractivity contribution in [3.05, 3.63) is 30.3 Å². The molecular weight excluding hydrogens is 235 g/mol. The van der Waals surface area contributed by atoms with E-state index in [1.807, 2.05) is 0 Å². The van der Waals surface area contributed by atoms with Crippen LogP contribution in [-0.4, -0.2) is 29.0 Å². The molecule has 1 aromatic rings. The van der Waals surface area contributed by atoms with Gasteiger partial charge in [-0.2, -0.15) is 0 Å². The molecule has 0 saturated heterocycles. The van der Waals surface area contributed by atoms with E-state index in [1.165, 1.54) is 12.1 Å². The van der Waals surface area contributed by atoms with Crippen LogP contribution in [0.3, 0.4) is 0 Å². The number of aliphatic hydroxyl groups excluding tert-OH is 1. The molecule has 0 fully saturated rings. The van der Waals surface area contributed by atoms with Gasteiger partial charge >= 0.3 is 7.82 Å². The van der Waals surface area contributed by atoms with Crippen LogP contribution in [0.25, 0.3) is 0 Å². The summed E-state index contributed by atoms with van der Waals surface area (Å²) in [6.45, 7) is -1.41. The zero-order chi connectivity index (χ0) is 12.0. The largest absolute Gasteiger partial charge is 0.527 e. The van der Waals surface area contributed by atoms with Gasteiger partial charge < -0.3 is 9.63 Å². The van der Waals surface area contributed by atoms with Gasteiger partial charge in [0.05, 0.1) is 0 Å². The Balaban J connectivity index is 2.52. The SMILES string of the molecule is O=C(CO)COP(=O)(O)Oc1ccccc1. The second kappa shape index (κ2) is 5.77. The van der Waals surface area contributed by atoms with Crippen molar-refractivity contribution in [1.82, 2.24) is 0 Å². The van der Waals surface area contributed by atoms with Crippen molar-refractivity contribution in [2.45, 2.75) is 0 Å². The summed E-state index contributed by atoms with van der Waals surface area (Å²) in [4.78, 5) is 19.8. The molecule has 16 heavy (non-hydrogen) atoms. The molecule has 88 valence electrons. The van der Waals surface area contributed by atoms with Crippen molar-refractivity contribution >= 4 is 13.6 Å². The molecule has 2 N–H and O–H groups in total. The highest BCUT2D eigenvalue weighted by Gasteiger charge is 2.23. The molecule has 1 unspecified atom stereocenters. The topological polar surface area (TPSA) is 93.1 Å². The number of para-hydroxylation sites is 1. The summed E-state index contributed by atoms with van der Waals surface area (Å²) >= 11 is 0. The number of rotatable bonds is 6. The van der Waals surface area contributed by atoms with Crippen molar-refractivity contribution in [3.63, 3.8) is 0 Å². The van der Waals surface area contributed by atoms with E-state index in [1.54, 1.807) is 18.2 Å². The fourth-order valence-electron chi connectivity index (χ4n) is 0.840. The molecule has 1 rings (SSSR count). The highest BCUT2D eigenvalue weighted by molar-refractivity contribution is 7.47. The van der Waals surface area contributed by atoms with E-state index in [9.17, 15) is 14.3 Å². The van der Waals surface area contributed by atoms with Crippen molar-refractivity contribution in [1.29, 1.82) is 0 Å². The summed E-state index contributed by atoms with van der Waals surface area (Å²) in [6.07, 6.45) is 0. The van der Waals surface area contributed by atoms with Gasteiger partial charge in [-0.3, -0.25) is 14.2 Å². The molecule has 1 aromatic carbocycles. The van der Waals surface area contributed by atoms with Crippen LogP contribution in [0.4, 0.5) is 0 Å². The van der Waals surface area contributed by atoms with Gasteiger partial charge in [-0.05, 0) is 12.1 Å². The minimum absolute atomic E-state index is 0.157. The number of hydrogen-bond acceptors (Lipinski definition) is 5. The van der Waals surface area contributed by atoms with Crippen LogP contribution in [0, 0.1) is 0 Å². The Hall–Kier alpha value is -1.20. The molecule has 0 aliphatic rings. The van der Waals surface area contributed by atoms with Crippen molar-refractivity contribution in [2.24, 2.45) is 0 Å². The Morgan fingerprint density at radius 3 is 2.50 bits per heavy atom. The van der Waals surface area contributed by atoms with Crippen molar-refractivity contribution in [3.8, 4) is 5.75 Å². The summed E-state index contributed by atoms with van der Waals surface area (Å²) < 4.78 is 20.3. The Morgan fingerprint density at radius 2 is 1.94 bits per heavy atom. The summed E-state index contributed by atoms with van der Waals surface area (Å²) in [5.74, 6) is -0.546. The average molecular weight is 246 g/mol. The first-order valence-corrected chi connectivity index (χ1v) is 5.87. The average Bonchev–Trinajstić information content (AvgIpc) is 2.27. The van der Waals surface area contributed by atoms with E-state index in [-0.39, 0.29) is 5.75 Å². The predicted octanol–water partition coefficient (Wildman–Crippen LogP) is 0.744. The number of carbonyl (C=O) groups excluding carboxylic acids is 1. The molecule has 0 aliphatic heterocycles. The molecular formula is C9H11O6P. The van der Waals surface area contributed by atoms with Gasteiger partial charge in [0.15, 0.2) is 5.78 Å². The number of ketones is 1. The third-order valence-electron chi connectivity index (χ3n) is 1.53. The molecule has 0 aromatic heterocycles. The van der Waals surface area contributed by atoms with Gasteiger partial charge in [0.1, 0.15) is 19.0 Å². The van der Waals surface area contributed by atoms with Gasteiger partial charge in [-0.1, -0.05) is 18.2 Å². The van der Waals surface area contributed by atoms with Crippen LogP contribution in [0.1, 0.15) is 0 Å². The van der Waals surface area contributed by atoms with Gasteiger partial charge in [0, 0.05) is 0 Å². The zero-order valence-corrected chi connectivity index (χ0v) is 9.17. The Kier molecular flexibility index (Phi) is 4.64. The third-order valence-corrected chi connectivity index (χ3v) is 2.43. The molecule has 0 amide bonds. The molecule has 1 atom stereocenters. The normalized spacial score (nSPS) is 14.1. The maximum atomic E-state index is 11.3. The molecule has 0 radical (unpaired) electrons. The first-order chi connectivity index (χ1) is 7.53. The van der Waals surface area contributed by atoms with Gasteiger partial charge in [0.25, 0.3) is 0 Å². The smallest absolute Gasteiger partial charge is 0.404 e. The number of benzene rings is 1. The van der Waals surface area contributed by atoms with Gasteiger partial charge in [-0.25, -0.2) is 4.57 Å². The number of phosphoric ester groups is 1. The highest BCUT2D eigenvalue weighted by atomic mass is 31.2. The summed E-state index contributed by atoms with van der Waals surface area (Å²) in [7, 11) is -4.31. The molecule has 0 spiro atoms. The summed E-state index contributed by atoms with van der Waals surface area (Å²) in [6, 6.07) is 7.90. The fourth-order valence-corrected chi connectivity index (χ4v) is 1.59. The van der Waals surface area contributed by atoms with Gasteiger partial charge in [-0.15, -0.1) is 0 Å². The lowest BCUT2D eigenvalue weighted by molar-refractivity contribution is -0.124. The molecule has 0 bridgehead atoms. The maximum Gasteiger partial charge on any atom is 0.527 e. The van der Waals surface area contributed by atoms with E-state index >= 15 is 0 Å². The van der Waals surface area contributed by atoms with Gasteiger partial charge in [0.2, 0.25) is 0 Å². The van der Waals surface area contributed by atoms with Crippen LogP contribution in [0.5, 0.6) is 5.75 Å². The molecule has 7 heteroatoms. The van der Waals surface area contributed by atoms with E-state index in [2.05, 4.69) is 9.05 Å². The lowest BCUT2D eigenvalue weighted by Crippen LogP contribution is -2.12. The first kappa shape index (κ1) is 12.9. The standard InChI is InChI=1S/C9H11O6P/c10-6-8(11)7-14-16(12,13)15-9-4-2-1-3-5-9/h1-5,10H,6-7H2,(H,12,13). The number of carbonyl (C=O) groups is 1. The van der Waals surface area contributed by atoms with Crippen LogP contribution < -0.4 is 4.52 Å². The highest BCUT2D eigenvalue weighted by Crippen LogP contribution is 2.43. The predicted molar refractivity (Wildman–Crippen MR) is 54.9 cm³/mol. The minimum Gasteiger partial charge on any atom is -0.404 e. The Bertz CT molecular complexity index is 390. The van der Waals surface area contributed by atoms with Crippen LogP contribution in [0.15, 0.2) is 30.3 Å². The van der Waals surface area contributed by atoms with E-state index in [4.69, 9.17) is 5.11 Å². The number of aliphatic hydroxyl groups is 1. The van der Waals surface area contributed by atoms with E-state index in [0.717, 1.165) is 0 Å². The minimum atomic E-state index is -4.31. The van der Waals surface area contributed by atoms with Crippen LogP contribution in [-0.2, 0) is 13.9 Å². The number of phosphoric acid groups is 1. The first-order valence-electron chi connectivity index (χ1n) is 4.38. The molecule has 0 saturated carbocycles. The second-order valence-corrected chi connectivity index (χ2v) is 4.22. The third kappa shape index (κ3) is 4.55. The fraction of sp³-hybridized carbons (Fsp3) is 0.222. The zero-order valence-electron chi connectivity index (χ0n) is 8.28. The Morgan fingerprint density at radius 1 is 1.31 bits per heavy atom. The van der Waals surface area contributed by atoms with Crippen LogP contribution >= 0.6 is 7.82 Å². The lowest BCUT2D eigenvalue weighted by Gasteiger charge is -2.11. The summed E-state index contributed by atoms with van der Waals surface area (Å²) in [5.41, 5.74) is 0. The second-order valence-electron chi connectivity index (χ2n) is 2.84. The van der Waals surface area contributed by atoms with Crippen LogP contribution in [0.2, 0.25) is 0 Å². The van der Waals surface area contributed by atoms with E-state index < -0.39 is 26.8 Å². The quantitative estimate of drug-likeness (QED) is 0.719. The monoisotopic (exact) mass is 246 g/mol. The Labute approximate surface area is 92.1 Å². The van der Waals surface area contributed by atoms with E-state index in [0.29, 0.717) is 0 Å². The van der Waals surface area contributed by atoms with Crippen molar-refractivity contribution in [2.75, 3.05) is 13.2 Å². The number of hydrogen-bond donors (Lipinski definition) is 2. The number of Topliss-reactive ketones (excluding diaryl/α,β-unsaturated/α-hetero) is 1. The molecule has 0 aliphatic carbocycles. The lowest BCUT2D eigenvalue weighted by atomic mass is 10.3. The van der Waals surface area contributed by atoms with Crippen molar-refractivity contribution < 1.29 is 28.4 Å². The molecule has 0 heterocycles. The molecule has 6 nitrogen and oxygen atoms in total. The summed E-state index contributed by atoms with van der Waals surface area (Å²) in [5, 5.41) is 8.38.